The number of nitrogens with zero attached hydrogens (tertiary/aromatic N) is 4. The Morgan fingerprint density at radius 3 is 2.87 bits per heavy atom. The van der Waals surface area contributed by atoms with Gasteiger partial charge in [0.2, 0.25) is 0 Å². The maximum Gasteiger partial charge on any atom is 0.178 e. The molecular weight excluding hydrogens is 418 g/mol. The van der Waals surface area contributed by atoms with E-state index in [1.807, 2.05) is 30.3 Å². The molecule has 3 N–H and O–H groups in total. The van der Waals surface area contributed by atoms with Gasteiger partial charge in [0, 0.05) is 23.2 Å². The molecule has 0 saturated heterocycles. The van der Waals surface area contributed by atoms with E-state index < -0.39 is 0 Å². The van der Waals surface area contributed by atoms with Gasteiger partial charge in [0.1, 0.15) is 5.52 Å². The van der Waals surface area contributed by atoms with Crippen LogP contribution in [0.15, 0.2) is 42.6 Å². The van der Waals surface area contributed by atoms with Crippen molar-refractivity contribution in [2.45, 2.75) is 6.42 Å². The molecule has 0 saturated carbocycles. The minimum absolute atomic E-state index is 0.639. The van der Waals surface area contributed by atoms with Crippen molar-refractivity contribution in [3.8, 4) is 22.0 Å². The normalized spacial score (nSPS) is 14.5. The molecule has 1 aliphatic heterocycles. The maximum atomic E-state index is 6.14. The number of imidazole rings is 1. The number of fused-ring (bicyclic) bond motifs is 2. The van der Waals surface area contributed by atoms with Crippen molar-refractivity contribution in [3.05, 3.63) is 52.6 Å². The number of rotatable bonds is 3. The van der Waals surface area contributed by atoms with Gasteiger partial charge < -0.3 is 10.3 Å². The Labute approximate surface area is 180 Å². The second-order valence-corrected chi connectivity index (χ2v) is 8.81. The number of hydrogen-bond donors (Lipinski definition) is 3. The van der Waals surface area contributed by atoms with E-state index in [4.69, 9.17) is 21.6 Å². The fourth-order valence-corrected chi connectivity index (χ4v) is 4.86. The minimum atomic E-state index is 0.639. The van der Waals surface area contributed by atoms with Crippen molar-refractivity contribution < 1.29 is 0 Å². The Hall–Kier alpha value is -3.07. The summed E-state index contributed by atoms with van der Waals surface area (Å²) >= 11 is 7.67. The minimum Gasteiger partial charge on any atom is -0.335 e. The van der Waals surface area contributed by atoms with Gasteiger partial charge >= 0.3 is 0 Å². The van der Waals surface area contributed by atoms with Gasteiger partial charge in [0.05, 0.1) is 21.1 Å². The molecule has 0 spiro atoms. The summed E-state index contributed by atoms with van der Waals surface area (Å²) in [6.07, 6.45) is 4.92. The third kappa shape index (κ3) is 2.92. The number of aromatic amines is 2. The van der Waals surface area contributed by atoms with Gasteiger partial charge in [0.25, 0.3) is 0 Å². The highest BCUT2D eigenvalue weighted by Gasteiger charge is 2.18. The highest BCUT2D eigenvalue weighted by Crippen LogP contribution is 2.35. The highest BCUT2D eigenvalue weighted by molar-refractivity contribution is 7.19. The third-order valence-corrected chi connectivity index (χ3v) is 6.52. The molecule has 0 amide bonds. The molecule has 6 rings (SSSR count). The summed E-state index contributed by atoms with van der Waals surface area (Å²) in [5.41, 5.74) is 7.12. The molecule has 0 unspecified atom stereocenters. The summed E-state index contributed by atoms with van der Waals surface area (Å²) in [4.78, 5) is 18.5. The molecule has 0 aromatic carbocycles. The van der Waals surface area contributed by atoms with Crippen LogP contribution in [0, 0.1) is 0 Å². The smallest absolute Gasteiger partial charge is 0.178 e. The first-order valence-electron chi connectivity index (χ1n) is 9.62. The maximum absolute atomic E-state index is 6.14. The monoisotopic (exact) mass is 433 g/mol. The average molecular weight is 434 g/mol. The van der Waals surface area contributed by atoms with Crippen molar-refractivity contribution in [1.29, 1.82) is 0 Å². The molecular formula is C21H16ClN7S. The molecule has 5 aromatic heterocycles. The van der Waals surface area contributed by atoms with Crippen LogP contribution < -0.4 is 5.32 Å². The van der Waals surface area contributed by atoms with Gasteiger partial charge in [-0.15, -0.1) is 11.3 Å². The van der Waals surface area contributed by atoms with Crippen LogP contribution in [-0.4, -0.2) is 43.2 Å². The second kappa shape index (κ2) is 7.02. The molecule has 1 aliphatic rings. The number of halogens is 1. The van der Waals surface area contributed by atoms with Crippen molar-refractivity contribution in [2.75, 3.05) is 13.1 Å². The van der Waals surface area contributed by atoms with Crippen LogP contribution in [0.25, 0.3) is 49.7 Å². The van der Waals surface area contributed by atoms with Crippen LogP contribution in [0.2, 0.25) is 4.34 Å². The SMILES string of the molecule is Clc1ccc(-c2ccnc3nc(-c4n[nH]c5ccc(C6=CCNCC6)nc45)[nH]c23)s1. The lowest BCUT2D eigenvalue weighted by molar-refractivity contribution is 0.737. The first-order chi connectivity index (χ1) is 14.8. The molecule has 0 aliphatic carbocycles. The summed E-state index contributed by atoms with van der Waals surface area (Å²) in [6, 6.07) is 9.94. The molecule has 6 heterocycles. The number of hydrogen-bond acceptors (Lipinski definition) is 6. The van der Waals surface area contributed by atoms with Crippen LogP contribution in [0.5, 0.6) is 0 Å². The van der Waals surface area contributed by atoms with Crippen molar-refractivity contribution in [2.24, 2.45) is 0 Å². The van der Waals surface area contributed by atoms with Crippen LogP contribution in [-0.2, 0) is 0 Å². The van der Waals surface area contributed by atoms with Gasteiger partial charge in [-0.05, 0) is 48.9 Å². The van der Waals surface area contributed by atoms with Crippen molar-refractivity contribution >= 4 is 50.7 Å². The summed E-state index contributed by atoms with van der Waals surface area (Å²) in [5.74, 6) is 0.641. The topological polar surface area (TPSA) is 95.2 Å². The number of nitrogens with one attached hydrogen (secondary N) is 3. The Morgan fingerprint density at radius 2 is 2.03 bits per heavy atom. The predicted octanol–water partition coefficient (Wildman–Crippen LogP) is 4.65. The van der Waals surface area contributed by atoms with E-state index >= 15 is 0 Å². The fraction of sp³-hybridized carbons (Fsp3) is 0.143. The van der Waals surface area contributed by atoms with E-state index in [1.165, 1.54) is 16.9 Å². The Morgan fingerprint density at radius 1 is 1.07 bits per heavy atom. The average Bonchev–Trinajstić information content (AvgIpc) is 3.51. The fourth-order valence-electron chi connectivity index (χ4n) is 3.79. The van der Waals surface area contributed by atoms with Gasteiger partial charge in [-0.1, -0.05) is 17.7 Å². The summed E-state index contributed by atoms with van der Waals surface area (Å²) in [5, 5.41) is 10.9. The molecule has 30 heavy (non-hydrogen) atoms. The number of thiophene rings is 1. The molecule has 7 nitrogen and oxygen atoms in total. The van der Waals surface area contributed by atoms with Gasteiger partial charge in [-0.25, -0.2) is 15.0 Å². The summed E-state index contributed by atoms with van der Waals surface area (Å²) in [7, 11) is 0. The van der Waals surface area contributed by atoms with Crippen LogP contribution in [0.4, 0.5) is 0 Å². The molecule has 0 bridgehead atoms. The number of H-pyrrole nitrogens is 2. The van der Waals surface area contributed by atoms with Crippen LogP contribution in [0.3, 0.4) is 0 Å². The largest absolute Gasteiger partial charge is 0.335 e. The quantitative estimate of drug-likeness (QED) is 0.384. The Kier molecular flexibility index (Phi) is 4.15. The first-order valence-corrected chi connectivity index (χ1v) is 10.8. The van der Waals surface area contributed by atoms with Gasteiger partial charge in [-0.2, -0.15) is 5.10 Å². The van der Waals surface area contributed by atoms with E-state index in [2.05, 4.69) is 31.6 Å². The molecule has 9 heteroatoms. The molecule has 0 atom stereocenters. The Balaban J connectivity index is 1.49. The predicted molar refractivity (Wildman–Crippen MR) is 121 cm³/mol. The van der Waals surface area contributed by atoms with Gasteiger partial charge in [-0.3, -0.25) is 5.10 Å². The van der Waals surface area contributed by atoms with E-state index in [0.717, 1.165) is 56.5 Å². The Bertz CT molecular complexity index is 1430. The van der Waals surface area contributed by atoms with Gasteiger partial charge in [0.15, 0.2) is 17.2 Å². The lowest BCUT2D eigenvalue weighted by Gasteiger charge is -2.13. The molecule has 148 valence electrons. The number of aromatic nitrogens is 6. The van der Waals surface area contributed by atoms with Crippen LogP contribution in [0.1, 0.15) is 12.1 Å². The first kappa shape index (κ1) is 17.8. The second-order valence-electron chi connectivity index (χ2n) is 7.09. The standard InChI is InChI=1S/C21H16ClN7S/c22-16-4-3-15(30-16)12-7-10-24-20-17(12)26-21(27-20)19-18-14(28-29-19)2-1-13(25-18)11-5-8-23-9-6-11/h1-5,7,10,23H,6,8-9H2,(H,28,29)(H,24,26,27). The van der Waals surface area contributed by atoms with Crippen LogP contribution >= 0.6 is 22.9 Å². The molecule has 0 radical (unpaired) electrons. The lowest BCUT2D eigenvalue weighted by Crippen LogP contribution is -2.20. The molecule has 0 fully saturated rings. The van der Waals surface area contributed by atoms with Crippen molar-refractivity contribution in [3.63, 3.8) is 0 Å². The zero-order valence-corrected chi connectivity index (χ0v) is 17.3. The highest BCUT2D eigenvalue weighted by atomic mass is 35.5. The zero-order valence-electron chi connectivity index (χ0n) is 15.7. The number of pyridine rings is 2. The summed E-state index contributed by atoms with van der Waals surface area (Å²) in [6.45, 7) is 1.84. The van der Waals surface area contributed by atoms with E-state index in [0.29, 0.717) is 17.2 Å². The lowest BCUT2D eigenvalue weighted by atomic mass is 10.1. The van der Waals surface area contributed by atoms with E-state index in [9.17, 15) is 0 Å². The van der Waals surface area contributed by atoms with E-state index in [1.54, 1.807) is 6.20 Å². The third-order valence-electron chi connectivity index (χ3n) is 5.26. The zero-order chi connectivity index (χ0) is 20.1. The van der Waals surface area contributed by atoms with Crippen molar-refractivity contribution in [1.82, 2.24) is 35.5 Å². The summed E-state index contributed by atoms with van der Waals surface area (Å²) < 4.78 is 0.747. The van der Waals surface area contributed by atoms with E-state index in [-0.39, 0.29) is 0 Å². The molecule has 5 aromatic rings.